The first kappa shape index (κ1) is 24.4. The van der Waals surface area contributed by atoms with Gasteiger partial charge in [0.2, 0.25) is 10.0 Å². The van der Waals surface area contributed by atoms with E-state index in [1.54, 1.807) is 7.05 Å². The monoisotopic (exact) mass is 517 g/mol. The fraction of sp³-hybridized carbons (Fsp3) is 0.286. The van der Waals surface area contributed by atoms with Gasteiger partial charge < -0.3 is 4.57 Å². The predicted octanol–water partition coefficient (Wildman–Crippen LogP) is 5.18. The van der Waals surface area contributed by atoms with Gasteiger partial charge in [0, 0.05) is 24.0 Å². The van der Waals surface area contributed by atoms with E-state index in [1.165, 1.54) is 39.9 Å². The minimum atomic E-state index is -3.62. The van der Waals surface area contributed by atoms with Gasteiger partial charge in [-0.1, -0.05) is 66.9 Å². The molecule has 1 heterocycles. The average Bonchev–Trinajstić information content (AvgIpc) is 3.26. The highest BCUT2D eigenvalue weighted by Crippen LogP contribution is 2.28. The van der Waals surface area contributed by atoms with Crippen LogP contribution >= 0.6 is 11.3 Å². The molecule has 184 valence electrons. The molecule has 0 saturated heterocycles. The van der Waals surface area contributed by atoms with Crippen molar-refractivity contribution >= 4 is 48.3 Å². The molecule has 0 radical (unpaired) electrons. The van der Waals surface area contributed by atoms with Crippen molar-refractivity contribution in [3.8, 4) is 12.3 Å². The highest BCUT2D eigenvalue weighted by molar-refractivity contribution is 7.89. The third-order valence-corrected chi connectivity index (χ3v) is 9.94. The number of fused-ring (bicyclic) bond motifs is 3. The summed E-state index contributed by atoms with van der Waals surface area (Å²) < 4.78 is 30.6. The maximum absolute atomic E-state index is 13.1. The molecule has 5 rings (SSSR count). The average molecular weight is 518 g/mol. The van der Waals surface area contributed by atoms with E-state index >= 15 is 0 Å². The second-order valence-electron chi connectivity index (χ2n) is 9.06. The van der Waals surface area contributed by atoms with Crippen molar-refractivity contribution in [1.29, 1.82) is 0 Å². The van der Waals surface area contributed by atoms with E-state index in [4.69, 9.17) is 6.42 Å². The Hall–Kier alpha value is -3.25. The molecule has 1 saturated carbocycles. The zero-order valence-corrected chi connectivity index (χ0v) is 21.7. The summed E-state index contributed by atoms with van der Waals surface area (Å²) in [5.41, 5.74) is 1.25. The molecule has 1 aliphatic carbocycles. The standard InChI is InChI=1S/C28H27N3O3S2/c1-3-19-31-25-18-15-20-9-7-8-12-24(20)26(25)35-28(31)29-27(32)21-13-16-23(17-14-21)36(33,34)30(2)22-10-5-4-6-11-22/h1,7-9,12-18,22H,4-6,10-11,19H2,2H3. The Balaban J connectivity index is 1.48. The Morgan fingerprint density at radius 1 is 1.08 bits per heavy atom. The lowest BCUT2D eigenvalue weighted by atomic mass is 9.96. The summed E-state index contributed by atoms with van der Waals surface area (Å²) in [6.07, 6.45) is 10.6. The van der Waals surface area contributed by atoms with Crippen LogP contribution in [0.15, 0.2) is 70.6 Å². The van der Waals surface area contributed by atoms with Crippen molar-refractivity contribution in [2.45, 2.75) is 49.6 Å². The Morgan fingerprint density at radius 2 is 1.81 bits per heavy atom. The van der Waals surface area contributed by atoms with E-state index in [1.807, 2.05) is 41.0 Å². The molecule has 0 spiro atoms. The fourth-order valence-electron chi connectivity index (χ4n) is 4.86. The van der Waals surface area contributed by atoms with Gasteiger partial charge >= 0.3 is 0 Å². The second kappa shape index (κ2) is 10.0. The Kier molecular flexibility index (Phi) is 6.80. The SMILES string of the molecule is C#CCn1c(=NC(=O)c2ccc(S(=O)(=O)N(C)C3CCCCC3)cc2)sc2c3ccccc3ccc21. The summed E-state index contributed by atoms with van der Waals surface area (Å²) in [4.78, 5) is 18.1. The number of sulfonamides is 1. The highest BCUT2D eigenvalue weighted by atomic mass is 32.2. The van der Waals surface area contributed by atoms with E-state index in [0.717, 1.165) is 53.1 Å². The maximum Gasteiger partial charge on any atom is 0.279 e. The van der Waals surface area contributed by atoms with Crippen molar-refractivity contribution < 1.29 is 13.2 Å². The lowest BCUT2D eigenvalue weighted by Crippen LogP contribution is -2.38. The summed E-state index contributed by atoms with van der Waals surface area (Å²) >= 11 is 1.42. The first-order valence-corrected chi connectivity index (χ1v) is 14.3. The molecule has 4 aromatic rings. The Morgan fingerprint density at radius 3 is 2.53 bits per heavy atom. The number of hydrogen-bond donors (Lipinski definition) is 0. The molecule has 1 aromatic heterocycles. The number of aromatic nitrogens is 1. The van der Waals surface area contributed by atoms with Crippen molar-refractivity contribution in [2.75, 3.05) is 7.05 Å². The summed E-state index contributed by atoms with van der Waals surface area (Å²) in [7, 11) is -1.98. The van der Waals surface area contributed by atoms with Crippen LogP contribution < -0.4 is 4.80 Å². The number of thiazole rings is 1. The Bertz CT molecular complexity index is 1650. The fourth-order valence-corrected chi connectivity index (χ4v) is 7.43. The number of hydrogen-bond acceptors (Lipinski definition) is 4. The van der Waals surface area contributed by atoms with Crippen LogP contribution in [0.1, 0.15) is 42.5 Å². The van der Waals surface area contributed by atoms with Crippen LogP contribution in [0.4, 0.5) is 0 Å². The molecule has 3 aromatic carbocycles. The van der Waals surface area contributed by atoms with E-state index < -0.39 is 15.9 Å². The smallest absolute Gasteiger partial charge is 0.279 e. The van der Waals surface area contributed by atoms with Crippen LogP contribution in [0.5, 0.6) is 0 Å². The summed E-state index contributed by atoms with van der Waals surface area (Å²) in [5, 5.41) is 2.18. The first-order chi connectivity index (χ1) is 17.4. The van der Waals surface area contributed by atoms with Gasteiger partial charge in [-0.25, -0.2) is 8.42 Å². The number of carbonyl (C=O) groups is 1. The molecule has 1 amide bonds. The third kappa shape index (κ3) is 4.50. The molecule has 0 unspecified atom stereocenters. The molecule has 1 aliphatic rings. The van der Waals surface area contributed by atoms with Crippen molar-refractivity contribution in [1.82, 2.24) is 8.87 Å². The van der Waals surface area contributed by atoms with E-state index in [9.17, 15) is 13.2 Å². The van der Waals surface area contributed by atoms with E-state index in [-0.39, 0.29) is 17.5 Å². The number of nitrogens with zero attached hydrogens (tertiary/aromatic N) is 3. The normalized spacial score (nSPS) is 15.5. The highest BCUT2D eigenvalue weighted by Gasteiger charge is 2.29. The number of carbonyl (C=O) groups excluding carboxylic acids is 1. The molecule has 1 fully saturated rings. The molecule has 0 atom stereocenters. The molecular formula is C28H27N3O3S2. The van der Waals surface area contributed by atoms with Crippen molar-refractivity contribution in [2.24, 2.45) is 4.99 Å². The second-order valence-corrected chi connectivity index (χ2v) is 12.0. The number of benzene rings is 3. The van der Waals surface area contributed by atoms with Crippen LogP contribution in [0.25, 0.3) is 21.0 Å². The predicted molar refractivity (Wildman–Crippen MR) is 144 cm³/mol. The third-order valence-electron chi connectivity index (χ3n) is 6.89. The minimum Gasteiger partial charge on any atom is -0.305 e. The van der Waals surface area contributed by atoms with Gasteiger partial charge in [-0.2, -0.15) is 9.30 Å². The zero-order chi connectivity index (χ0) is 25.3. The van der Waals surface area contributed by atoms with Crippen LogP contribution in [0, 0.1) is 12.3 Å². The van der Waals surface area contributed by atoms with E-state index in [2.05, 4.69) is 10.9 Å². The van der Waals surface area contributed by atoms with E-state index in [0.29, 0.717) is 10.4 Å². The number of terminal acetylenes is 1. The van der Waals surface area contributed by atoms with Crippen molar-refractivity contribution in [3.63, 3.8) is 0 Å². The van der Waals surface area contributed by atoms with Gasteiger partial charge in [-0.15, -0.1) is 6.42 Å². The zero-order valence-electron chi connectivity index (χ0n) is 20.1. The first-order valence-electron chi connectivity index (χ1n) is 12.0. The van der Waals surface area contributed by atoms with Crippen LogP contribution in [0.3, 0.4) is 0 Å². The quantitative estimate of drug-likeness (QED) is 0.342. The van der Waals surface area contributed by atoms with Gasteiger partial charge in [0.25, 0.3) is 5.91 Å². The Labute approximate surface area is 215 Å². The van der Waals surface area contributed by atoms with Crippen LogP contribution in [0.2, 0.25) is 0 Å². The summed E-state index contributed by atoms with van der Waals surface area (Å²) in [6.45, 7) is 0.287. The molecular weight excluding hydrogens is 490 g/mol. The maximum atomic E-state index is 13.1. The minimum absolute atomic E-state index is 0.0238. The topological polar surface area (TPSA) is 71.7 Å². The lowest BCUT2D eigenvalue weighted by molar-refractivity contribution is 0.0997. The van der Waals surface area contributed by atoms with Gasteiger partial charge in [-0.3, -0.25) is 4.79 Å². The molecule has 8 heteroatoms. The molecule has 36 heavy (non-hydrogen) atoms. The molecule has 0 N–H and O–H groups in total. The van der Waals surface area contributed by atoms with Gasteiger partial charge in [0.1, 0.15) is 0 Å². The van der Waals surface area contributed by atoms with Gasteiger partial charge in [0.05, 0.1) is 21.7 Å². The molecule has 0 aliphatic heterocycles. The lowest BCUT2D eigenvalue weighted by Gasteiger charge is -2.30. The largest absolute Gasteiger partial charge is 0.305 e. The van der Waals surface area contributed by atoms with Gasteiger partial charge in [-0.05, 0) is 48.6 Å². The van der Waals surface area contributed by atoms with Gasteiger partial charge in [0.15, 0.2) is 4.80 Å². The molecule has 6 nitrogen and oxygen atoms in total. The summed E-state index contributed by atoms with van der Waals surface area (Å²) in [5.74, 6) is 2.21. The molecule has 0 bridgehead atoms. The number of rotatable bonds is 5. The summed E-state index contributed by atoms with van der Waals surface area (Å²) in [6, 6.07) is 18.2. The number of amides is 1. The van der Waals surface area contributed by atoms with Crippen LogP contribution in [-0.4, -0.2) is 36.3 Å². The van der Waals surface area contributed by atoms with Crippen LogP contribution in [-0.2, 0) is 16.6 Å². The van der Waals surface area contributed by atoms with Crippen molar-refractivity contribution in [3.05, 3.63) is 71.0 Å².